The molecule has 3 rings (SSSR count). The molecule has 0 fully saturated rings. The third-order valence-electron chi connectivity index (χ3n) is 3.59. The van der Waals surface area contributed by atoms with Crippen molar-refractivity contribution in [1.82, 2.24) is 29.1 Å². The van der Waals surface area contributed by atoms with Gasteiger partial charge >= 0.3 is 7.12 Å². The Morgan fingerprint density at radius 3 is 1.80 bits per heavy atom. The highest BCUT2D eigenvalue weighted by atomic mass is 15.5. The van der Waals surface area contributed by atoms with Crippen molar-refractivity contribution < 1.29 is 0 Å². The molecule has 0 aliphatic carbocycles. The summed E-state index contributed by atoms with van der Waals surface area (Å²) in [5.74, 6) is 0. The van der Waals surface area contributed by atoms with Crippen LogP contribution in [0.25, 0.3) is 0 Å². The smallest absolute Gasteiger partial charge is 0.326 e. The van der Waals surface area contributed by atoms with Gasteiger partial charge in [-0.05, 0) is 63.5 Å². The highest BCUT2D eigenvalue weighted by molar-refractivity contribution is 6.53. The number of aryl methyl sites for hydroxylation is 4. The van der Waals surface area contributed by atoms with Crippen LogP contribution in [0, 0.1) is 27.7 Å². The lowest BCUT2D eigenvalue weighted by atomic mass is 9.94. The second kappa shape index (κ2) is 4.66. The van der Waals surface area contributed by atoms with Gasteiger partial charge in [-0.1, -0.05) is 0 Å². The van der Waals surface area contributed by atoms with Crippen LogP contribution in [-0.4, -0.2) is 36.2 Å². The zero-order valence-corrected chi connectivity index (χ0v) is 12.3. The summed E-state index contributed by atoms with van der Waals surface area (Å²) in [6.45, 7) is 8.14. The highest BCUT2D eigenvalue weighted by Crippen LogP contribution is 2.09. The lowest BCUT2D eigenvalue weighted by Gasteiger charge is -2.29. The van der Waals surface area contributed by atoms with Gasteiger partial charge in [0.25, 0.3) is 0 Å². The molecule has 0 spiro atoms. The summed E-state index contributed by atoms with van der Waals surface area (Å²) < 4.78 is 6.00. The van der Waals surface area contributed by atoms with E-state index in [1.165, 1.54) is 0 Å². The lowest BCUT2D eigenvalue weighted by molar-refractivity contribution is 0.742. The van der Waals surface area contributed by atoms with E-state index in [4.69, 9.17) is 0 Å². The molecule has 0 aromatic carbocycles. The molecule has 0 aliphatic rings. The summed E-state index contributed by atoms with van der Waals surface area (Å²) in [7, 11) is -1.21. The van der Waals surface area contributed by atoms with E-state index in [0.29, 0.717) is 0 Å². The summed E-state index contributed by atoms with van der Waals surface area (Å²) >= 11 is 0. The second-order valence-corrected chi connectivity index (χ2v) is 5.32. The summed E-state index contributed by atoms with van der Waals surface area (Å²) in [4.78, 5) is 0. The molecule has 7 heteroatoms. The first kappa shape index (κ1) is 12.7. The van der Waals surface area contributed by atoms with Gasteiger partial charge in [-0.15, -0.1) is 0 Å². The van der Waals surface area contributed by atoms with E-state index >= 15 is 0 Å². The van der Waals surface area contributed by atoms with Crippen molar-refractivity contribution in [2.75, 3.05) is 0 Å². The van der Waals surface area contributed by atoms with E-state index in [1.807, 2.05) is 39.9 Å². The van der Waals surface area contributed by atoms with Crippen molar-refractivity contribution in [3.63, 3.8) is 0 Å². The Labute approximate surface area is 118 Å². The van der Waals surface area contributed by atoms with Crippen LogP contribution in [0.1, 0.15) is 22.8 Å². The van der Waals surface area contributed by atoms with Crippen molar-refractivity contribution >= 4 is 7.12 Å². The Hall–Kier alpha value is -2.31. The van der Waals surface area contributed by atoms with Gasteiger partial charge in [0.05, 0.1) is 11.4 Å². The summed E-state index contributed by atoms with van der Waals surface area (Å²) in [5.41, 5.74) is 4.25. The fourth-order valence-electron chi connectivity index (χ4n) is 2.79. The zero-order valence-electron chi connectivity index (χ0n) is 12.3. The average Bonchev–Trinajstić information content (AvgIpc) is 3.05. The molecule has 0 unspecified atom stereocenters. The number of nitrogens with zero attached hydrogens (tertiary/aromatic N) is 6. The maximum Gasteiger partial charge on any atom is 0.326 e. The van der Waals surface area contributed by atoms with Crippen molar-refractivity contribution in [2.24, 2.45) is 0 Å². The Morgan fingerprint density at radius 1 is 0.900 bits per heavy atom. The minimum absolute atomic E-state index is 1.01. The lowest BCUT2D eigenvalue weighted by Crippen LogP contribution is -2.44. The van der Waals surface area contributed by atoms with Gasteiger partial charge in [-0.2, -0.15) is 0 Å². The van der Waals surface area contributed by atoms with Crippen LogP contribution >= 0.6 is 0 Å². The SMILES string of the molecule is Cc1cc(C)n([BH-](n2cccn2)n2nc(C)cc2C)n1. The van der Waals surface area contributed by atoms with Crippen LogP contribution in [0.3, 0.4) is 0 Å². The fourth-order valence-corrected chi connectivity index (χ4v) is 2.79. The monoisotopic (exact) mass is 269 g/mol. The number of rotatable bonds is 3. The van der Waals surface area contributed by atoms with Gasteiger partial charge in [0, 0.05) is 6.20 Å². The molecule has 104 valence electrons. The molecule has 0 radical (unpaired) electrons. The molecule has 0 atom stereocenters. The minimum Gasteiger partial charge on any atom is -0.403 e. The molecule has 0 saturated heterocycles. The van der Waals surface area contributed by atoms with Crippen LogP contribution in [0.15, 0.2) is 30.6 Å². The third-order valence-corrected chi connectivity index (χ3v) is 3.59. The highest BCUT2D eigenvalue weighted by Gasteiger charge is 2.16. The number of hydrogen-bond donors (Lipinski definition) is 0. The minimum atomic E-state index is -1.21. The van der Waals surface area contributed by atoms with Gasteiger partial charge < -0.3 is 13.8 Å². The van der Waals surface area contributed by atoms with E-state index in [1.54, 1.807) is 6.20 Å². The van der Waals surface area contributed by atoms with Gasteiger partial charge in [0.15, 0.2) is 0 Å². The fraction of sp³-hybridized carbons (Fsp3) is 0.308. The van der Waals surface area contributed by atoms with Gasteiger partial charge in [0.2, 0.25) is 0 Å². The Morgan fingerprint density at radius 2 is 1.45 bits per heavy atom. The maximum atomic E-state index is 4.63. The Balaban J connectivity index is 2.19. The summed E-state index contributed by atoms with van der Waals surface area (Å²) in [6.07, 6.45) is 3.75. The largest absolute Gasteiger partial charge is 0.403 e. The normalized spacial score (nSPS) is 11.4. The molecule has 3 heterocycles. The van der Waals surface area contributed by atoms with E-state index < -0.39 is 7.12 Å². The standard InChI is InChI=1S/C13H18BN6/c1-10-8-12(3)19(16-10)14(18-7-5-6-15-18)20-13(4)9-11(2)17-20/h5-9,14H,1-4H3/q-1. The van der Waals surface area contributed by atoms with Crippen molar-refractivity contribution in [2.45, 2.75) is 27.7 Å². The van der Waals surface area contributed by atoms with Crippen LogP contribution < -0.4 is 0 Å². The molecule has 0 bridgehead atoms. The third kappa shape index (κ3) is 2.05. The average molecular weight is 269 g/mol. The molecule has 0 N–H and O–H groups in total. The van der Waals surface area contributed by atoms with Crippen LogP contribution in [0.2, 0.25) is 0 Å². The molecular formula is C13H18BN6-. The molecule has 0 aliphatic heterocycles. The molecule has 20 heavy (non-hydrogen) atoms. The summed E-state index contributed by atoms with van der Waals surface area (Å²) in [5, 5.41) is 13.7. The number of aromatic nitrogens is 6. The van der Waals surface area contributed by atoms with E-state index in [9.17, 15) is 0 Å². The predicted molar refractivity (Wildman–Crippen MR) is 79.0 cm³/mol. The number of hydrogen-bond acceptors (Lipinski definition) is 3. The molecule has 3 aromatic heterocycles. The molecular weight excluding hydrogens is 251 g/mol. The molecule has 6 nitrogen and oxygen atoms in total. The van der Waals surface area contributed by atoms with Crippen molar-refractivity contribution in [3.05, 3.63) is 53.4 Å². The second-order valence-electron chi connectivity index (χ2n) is 5.32. The Bertz CT molecular complexity index is 678. The van der Waals surface area contributed by atoms with E-state index in [0.717, 1.165) is 22.8 Å². The zero-order chi connectivity index (χ0) is 14.3. The van der Waals surface area contributed by atoms with Gasteiger partial charge in [-0.3, -0.25) is 0 Å². The predicted octanol–water partition coefficient (Wildman–Crippen LogP) is 1.17. The van der Waals surface area contributed by atoms with Gasteiger partial charge in [-0.25, -0.2) is 15.3 Å². The Kier molecular flexibility index (Phi) is 2.96. The molecule has 3 aromatic rings. The molecule has 0 saturated carbocycles. The summed E-state index contributed by atoms with van der Waals surface area (Å²) in [6, 6.07) is 6.09. The first-order valence-electron chi connectivity index (χ1n) is 6.78. The molecule has 0 amide bonds. The van der Waals surface area contributed by atoms with E-state index in [-0.39, 0.29) is 0 Å². The van der Waals surface area contributed by atoms with Crippen molar-refractivity contribution in [3.8, 4) is 0 Å². The van der Waals surface area contributed by atoms with Gasteiger partial charge in [0.1, 0.15) is 0 Å². The quantitative estimate of drug-likeness (QED) is 0.671. The first-order chi connectivity index (χ1) is 9.56. The first-order valence-corrected chi connectivity index (χ1v) is 6.78. The van der Waals surface area contributed by atoms with Crippen LogP contribution in [0.5, 0.6) is 0 Å². The van der Waals surface area contributed by atoms with Crippen LogP contribution in [0.4, 0.5) is 0 Å². The topological polar surface area (TPSA) is 53.5 Å². The van der Waals surface area contributed by atoms with Crippen LogP contribution in [-0.2, 0) is 0 Å². The maximum absolute atomic E-state index is 4.63. The van der Waals surface area contributed by atoms with E-state index in [2.05, 4.69) is 41.3 Å². The van der Waals surface area contributed by atoms with Crippen molar-refractivity contribution in [1.29, 1.82) is 0 Å².